The van der Waals surface area contributed by atoms with E-state index in [-0.39, 0.29) is 4.90 Å². The monoisotopic (exact) mass is 283 g/mol. The molecule has 0 atom stereocenters. The minimum Gasteiger partial charge on any atom is -0.363 e. The highest BCUT2D eigenvalue weighted by molar-refractivity contribution is 5.09. The lowest BCUT2D eigenvalue weighted by Crippen LogP contribution is -2.42. The van der Waals surface area contributed by atoms with Gasteiger partial charge in [-0.2, -0.15) is 35.1 Å². The van der Waals surface area contributed by atoms with E-state index in [1.807, 2.05) is 0 Å². The van der Waals surface area contributed by atoms with Crippen molar-refractivity contribution in [3.8, 4) is 0 Å². The van der Waals surface area contributed by atoms with E-state index in [9.17, 15) is 35.1 Å². The molecule has 0 aromatic rings. The van der Waals surface area contributed by atoms with Gasteiger partial charge >= 0.3 is 12.4 Å². The van der Waals surface area contributed by atoms with E-state index in [1.54, 1.807) is 0 Å². The zero-order chi connectivity index (χ0) is 14.1. The molecule has 9 heteroatoms. The number of piperidine rings is 1. The topological polar surface area (TPSA) is 3.24 Å². The van der Waals surface area contributed by atoms with Crippen LogP contribution < -0.4 is 0 Å². The summed E-state index contributed by atoms with van der Waals surface area (Å²) in [5.74, 6) is -1.73. The second-order valence-corrected chi connectivity index (χ2v) is 3.91. The highest BCUT2D eigenvalue weighted by atomic mass is 19.4. The number of hydrogen-bond acceptors (Lipinski definition) is 1. The third-order valence-corrected chi connectivity index (χ3v) is 2.72. The highest BCUT2D eigenvalue weighted by Crippen LogP contribution is 2.38. The lowest BCUT2D eigenvalue weighted by Gasteiger charge is -2.35. The summed E-state index contributed by atoms with van der Waals surface area (Å²) in [5.41, 5.74) is -2.14. The van der Waals surface area contributed by atoms with Gasteiger partial charge < -0.3 is 4.90 Å². The summed E-state index contributed by atoms with van der Waals surface area (Å²) in [6.45, 7) is -1.37. The lowest BCUT2D eigenvalue weighted by atomic mass is 9.96. The molecule has 106 valence electrons. The van der Waals surface area contributed by atoms with Crippen LogP contribution in [0.2, 0.25) is 0 Å². The Morgan fingerprint density at radius 2 is 1.33 bits per heavy atom. The molecule has 0 radical (unpaired) electrons. The molecular weight excluding hydrogens is 274 g/mol. The van der Waals surface area contributed by atoms with Gasteiger partial charge in [0.1, 0.15) is 0 Å². The van der Waals surface area contributed by atoms with E-state index in [1.165, 1.54) is 0 Å². The van der Waals surface area contributed by atoms with Crippen LogP contribution in [0.5, 0.6) is 0 Å². The molecular formula is C9H9F8N. The molecule has 1 heterocycles. The Hall–Kier alpha value is -1.02. The normalized spacial score (nSPS) is 19.0. The van der Waals surface area contributed by atoms with Crippen molar-refractivity contribution in [2.24, 2.45) is 5.92 Å². The zero-order valence-electron chi connectivity index (χ0n) is 8.88. The van der Waals surface area contributed by atoms with Crippen molar-refractivity contribution in [3.63, 3.8) is 0 Å². The summed E-state index contributed by atoms with van der Waals surface area (Å²) in [5, 5.41) is 0. The Labute approximate surface area is 97.0 Å². The van der Waals surface area contributed by atoms with Crippen LogP contribution >= 0.6 is 0 Å². The maximum atomic E-state index is 12.3. The molecule has 1 rings (SSSR count). The van der Waals surface area contributed by atoms with Gasteiger partial charge in [-0.3, -0.25) is 0 Å². The molecule has 0 N–H and O–H groups in total. The fourth-order valence-corrected chi connectivity index (χ4v) is 1.84. The molecule has 0 spiro atoms. The molecule has 18 heavy (non-hydrogen) atoms. The number of alkyl halides is 6. The first-order chi connectivity index (χ1) is 8.03. The number of hydrogen-bond donors (Lipinski definition) is 0. The van der Waals surface area contributed by atoms with Crippen LogP contribution in [0.3, 0.4) is 0 Å². The van der Waals surface area contributed by atoms with Crippen LogP contribution in [0.15, 0.2) is 11.8 Å². The average Bonchev–Trinajstić information content (AvgIpc) is 2.13. The SMILES string of the molecule is FC(F)=C(N1CCC(C(F)(F)F)CC1)C(F)(F)F. The Balaban J connectivity index is 2.76. The molecule has 0 aromatic carbocycles. The predicted molar refractivity (Wildman–Crippen MR) is 45.6 cm³/mol. The Morgan fingerprint density at radius 3 is 1.61 bits per heavy atom. The predicted octanol–water partition coefficient (Wildman–Crippen LogP) is 3.93. The molecule has 1 aliphatic heterocycles. The first kappa shape index (κ1) is 15.0. The summed E-state index contributed by atoms with van der Waals surface area (Å²) in [4.78, 5) is 0.261. The molecule has 0 bridgehead atoms. The Bertz CT molecular complexity index is 316. The van der Waals surface area contributed by atoms with Crippen molar-refractivity contribution in [1.29, 1.82) is 0 Å². The molecule has 0 unspecified atom stereocenters. The van der Waals surface area contributed by atoms with E-state index in [0.29, 0.717) is 0 Å². The van der Waals surface area contributed by atoms with E-state index in [4.69, 9.17) is 0 Å². The van der Waals surface area contributed by atoms with Crippen molar-refractivity contribution < 1.29 is 35.1 Å². The summed E-state index contributed by atoms with van der Waals surface area (Å²) in [7, 11) is 0. The molecule has 0 aliphatic carbocycles. The zero-order valence-corrected chi connectivity index (χ0v) is 8.88. The first-order valence-electron chi connectivity index (χ1n) is 4.97. The number of rotatable bonds is 1. The first-order valence-corrected chi connectivity index (χ1v) is 4.97. The van der Waals surface area contributed by atoms with Gasteiger partial charge in [-0.05, 0) is 12.8 Å². The molecule has 0 saturated carbocycles. The van der Waals surface area contributed by atoms with Crippen LogP contribution in [-0.2, 0) is 0 Å². The van der Waals surface area contributed by atoms with E-state index in [2.05, 4.69) is 0 Å². The minimum atomic E-state index is -5.26. The minimum absolute atomic E-state index is 0.261. The van der Waals surface area contributed by atoms with Crippen molar-refractivity contribution >= 4 is 0 Å². The number of likely N-dealkylation sites (tertiary alicyclic amines) is 1. The smallest absolute Gasteiger partial charge is 0.363 e. The maximum Gasteiger partial charge on any atom is 0.436 e. The van der Waals surface area contributed by atoms with Gasteiger partial charge in [0.2, 0.25) is 0 Å². The van der Waals surface area contributed by atoms with Gasteiger partial charge in [0.15, 0.2) is 5.70 Å². The lowest BCUT2D eigenvalue weighted by molar-refractivity contribution is -0.186. The van der Waals surface area contributed by atoms with E-state index in [0.717, 1.165) is 0 Å². The third kappa shape index (κ3) is 3.49. The number of allylic oxidation sites excluding steroid dienone is 1. The summed E-state index contributed by atoms with van der Waals surface area (Å²) < 4.78 is 98.1. The molecule has 1 saturated heterocycles. The van der Waals surface area contributed by atoms with Crippen LogP contribution in [-0.4, -0.2) is 30.3 Å². The molecule has 0 amide bonds. The molecule has 1 aliphatic rings. The second kappa shape index (κ2) is 4.93. The number of halogens is 8. The van der Waals surface area contributed by atoms with Gasteiger partial charge in [0.05, 0.1) is 5.92 Å². The summed E-state index contributed by atoms with van der Waals surface area (Å²) in [6, 6.07) is 0. The summed E-state index contributed by atoms with van der Waals surface area (Å²) >= 11 is 0. The van der Waals surface area contributed by atoms with Gasteiger partial charge in [-0.1, -0.05) is 0 Å². The quantitative estimate of drug-likeness (QED) is 0.659. The average molecular weight is 283 g/mol. The van der Waals surface area contributed by atoms with Gasteiger partial charge in [-0.25, -0.2) is 0 Å². The number of nitrogens with zero attached hydrogens (tertiary/aromatic N) is 1. The highest BCUT2D eigenvalue weighted by Gasteiger charge is 2.46. The largest absolute Gasteiger partial charge is 0.436 e. The van der Waals surface area contributed by atoms with Crippen molar-refractivity contribution in [2.45, 2.75) is 25.2 Å². The second-order valence-electron chi connectivity index (χ2n) is 3.91. The van der Waals surface area contributed by atoms with Crippen LogP contribution in [0.1, 0.15) is 12.8 Å². The van der Waals surface area contributed by atoms with Crippen LogP contribution in [0, 0.1) is 5.92 Å². The fourth-order valence-electron chi connectivity index (χ4n) is 1.84. The van der Waals surface area contributed by atoms with Crippen molar-refractivity contribution in [1.82, 2.24) is 4.90 Å². The standard InChI is InChI=1S/C9H9F8N/c10-7(11)6(9(15,16)17)18-3-1-5(2-4-18)8(12,13)14/h5H,1-4H2. The van der Waals surface area contributed by atoms with E-state index >= 15 is 0 Å². The van der Waals surface area contributed by atoms with Gasteiger partial charge in [-0.15, -0.1) is 0 Å². The molecule has 1 nitrogen and oxygen atoms in total. The molecule has 0 aromatic heterocycles. The Morgan fingerprint density at radius 1 is 0.889 bits per heavy atom. The van der Waals surface area contributed by atoms with Crippen LogP contribution in [0.25, 0.3) is 0 Å². The fraction of sp³-hybridized carbons (Fsp3) is 0.778. The van der Waals surface area contributed by atoms with Crippen LogP contribution in [0.4, 0.5) is 35.1 Å². The summed E-state index contributed by atoms with van der Waals surface area (Å²) in [6.07, 6.45) is -13.9. The maximum absolute atomic E-state index is 12.3. The van der Waals surface area contributed by atoms with Gasteiger partial charge in [0.25, 0.3) is 6.08 Å². The van der Waals surface area contributed by atoms with Gasteiger partial charge in [0, 0.05) is 13.1 Å². The Kier molecular flexibility index (Phi) is 4.12. The third-order valence-electron chi connectivity index (χ3n) is 2.72. The van der Waals surface area contributed by atoms with Crippen molar-refractivity contribution in [2.75, 3.05) is 13.1 Å². The van der Waals surface area contributed by atoms with Crippen molar-refractivity contribution in [3.05, 3.63) is 11.8 Å². The van der Waals surface area contributed by atoms with E-state index < -0.39 is 56.0 Å². The molecule has 1 fully saturated rings.